The van der Waals surface area contributed by atoms with E-state index in [-0.39, 0.29) is 0 Å². The number of rotatable bonds is 17. The summed E-state index contributed by atoms with van der Waals surface area (Å²) in [6.07, 6.45) is 8.51. The van der Waals surface area contributed by atoms with E-state index in [2.05, 4.69) is 46.3 Å². The molecule has 8 nitrogen and oxygen atoms in total. The van der Waals surface area contributed by atoms with Crippen molar-refractivity contribution in [3.63, 3.8) is 0 Å². The number of nitrogens with zero attached hydrogens (tertiary/aromatic N) is 5. The Balaban J connectivity index is 1.60. The number of benzene rings is 1. The van der Waals surface area contributed by atoms with Gasteiger partial charge in [-0.3, -0.25) is 4.98 Å². The number of pyridine rings is 1. The molecular formula is C28H41N7O. The predicted molar refractivity (Wildman–Crippen MR) is 149 cm³/mol. The van der Waals surface area contributed by atoms with E-state index >= 15 is 0 Å². The summed E-state index contributed by atoms with van der Waals surface area (Å²) < 4.78 is 5.93. The molecule has 0 saturated carbocycles. The van der Waals surface area contributed by atoms with Crippen LogP contribution in [-0.2, 0) is 0 Å². The van der Waals surface area contributed by atoms with Crippen molar-refractivity contribution in [2.75, 3.05) is 48.3 Å². The lowest BCUT2D eigenvalue weighted by atomic mass is 10.1. The van der Waals surface area contributed by atoms with Crippen LogP contribution in [0.15, 0.2) is 48.7 Å². The fourth-order valence-electron chi connectivity index (χ4n) is 3.64. The lowest BCUT2D eigenvalue weighted by Gasteiger charge is -2.23. The smallest absolute Gasteiger partial charge is 0.231 e. The lowest BCUT2D eigenvalue weighted by Crippen LogP contribution is -2.28. The molecular weight excluding hydrogens is 450 g/mol. The average Bonchev–Trinajstić information content (AvgIpc) is 2.92. The molecule has 3 aromatic rings. The molecule has 0 aliphatic heterocycles. The minimum absolute atomic E-state index is 0.498. The molecule has 0 atom stereocenters. The molecule has 0 bridgehead atoms. The van der Waals surface area contributed by atoms with Crippen molar-refractivity contribution >= 4 is 17.8 Å². The Bertz CT molecular complexity index is 991. The van der Waals surface area contributed by atoms with Gasteiger partial charge in [-0.05, 0) is 55.7 Å². The first-order valence-corrected chi connectivity index (χ1v) is 13.4. The second-order valence-electron chi connectivity index (χ2n) is 8.77. The van der Waals surface area contributed by atoms with Gasteiger partial charge in [0.2, 0.25) is 17.8 Å². The number of hydrogen-bond donors (Lipinski definition) is 2. The van der Waals surface area contributed by atoms with Gasteiger partial charge in [-0.1, -0.05) is 46.1 Å². The van der Waals surface area contributed by atoms with Crippen LogP contribution in [0.4, 0.5) is 17.8 Å². The molecule has 194 valence electrons. The minimum atomic E-state index is 0.498. The molecule has 1 aromatic carbocycles. The monoisotopic (exact) mass is 491 g/mol. The first-order valence-electron chi connectivity index (χ1n) is 13.4. The average molecular weight is 492 g/mol. The summed E-state index contributed by atoms with van der Waals surface area (Å²) in [5, 5.41) is 6.69. The molecule has 0 fully saturated rings. The second-order valence-corrected chi connectivity index (χ2v) is 8.77. The molecule has 2 N–H and O–H groups in total. The highest BCUT2D eigenvalue weighted by Crippen LogP contribution is 2.20. The summed E-state index contributed by atoms with van der Waals surface area (Å²) in [4.78, 5) is 20.8. The Morgan fingerprint density at radius 1 is 0.750 bits per heavy atom. The molecule has 36 heavy (non-hydrogen) atoms. The van der Waals surface area contributed by atoms with Crippen molar-refractivity contribution in [3.05, 3.63) is 48.7 Å². The van der Waals surface area contributed by atoms with Crippen LogP contribution in [0.25, 0.3) is 11.3 Å². The van der Waals surface area contributed by atoms with Crippen LogP contribution in [-0.4, -0.2) is 52.7 Å². The standard InChI is InChI=1S/C28H41N7O/c1-4-7-17-30-26-32-27(34-28(33-26)35(20-8-5-2)21-9-6-3)31-19-22-36-24-15-13-23(14-16-24)25-12-10-11-18-29-25/h10-16,18H,4-9,17,19-22H2,1-3H3,(H2,30,31,32,33,34). The highest BCUT2D eigenvalue weighted by Gasteiger charge is 2.13. The van der Waals surface area contributed by atoms with Crippen LogP contribution < -0.4 is 20.3 Å². The predicted octanol–water partition coefficient (Wildman–Crippen LogP) is 6.04. The summed E-state index contributed by atoms with van der Waals surface area (Å²) in [5.74, 6) is 2.76. The zero-order chi connectivity index (χ0) is 25.4. The molecule has 3 rings (SSSR count). The first kappa shape index (κ1) is 27.2. The van der Waals surface area contributed by atoms with Gasteiger partial charge in [-0.25, -0.2) is 0 Å². The van der Waals surface area contributed by atoms with Crippen LogP contribution in [0, 0.1) is 0 Å². The fraction of sp³-hybridized carbons (Fsp3) is 0.500. The minimum Gasteiger partial charge on any atom is -0.492 e. The fourth-order valence-corrected chi connectivity index (χ4v) is 3.64. The number of unbranched alkanes of at least 4 members (excludes halogenated alkanes) is 3. The molecule has 0 radical (unpaired) electrons. The van der Waals surface area contributed by atoms with Crippen molar-refractivity contribution in [1.82, 2.24) is 19.9 Å². The number of anilines is 3. The number of ether oxygens (including phenoxy) is 1. The second kappa shape index (κ2) is 15.5. The Kier molecular flexibility index (Phi) is 11.7. The van der Waals surface area contributed by atoms with Gasteiger partial charge in [-0.15, -0.1) is 0 Å². The molecule has 0 spiro atoms. The van der Waals surface area contributed by atoms with E-state index in [4.69, 9.17) is 14.7 Å². The van der Waals surface area contributed by atoms with Crippen molar-refractivity contribution in [2.24, 2.45) is 0 Å². The van der Waals surface area contributed by atoms with Crippen LogP contribution in [0.2, 0.25) is 0 Å². The highest BCUT2D eigenvalue weighted by molar-refractivity contribution is 5.59. The van der Waals surface area contributed by atoms with Gasteiger partial charge in [-0.2, -0.15) is 15.0 Å². The zero-order valence-electron chi connectivity index (χ0n) is 22.0. The molecule has 2 heterocycles. The van der Waals surface area contributed by atoms with Gasteiger partial charge >= 0.3 is 0 Å². The Labute approximate surface area is 216 Å². The van der Waals surface area contributed by atoms with Crippen LogP contribution in [0.1, 0.15) is 59.3 Å². The van der Waals surface area contributed by atoms with E-state index in [9.17, 15) is 0 Å². The van der Waals surface area contributed by atoms with E-state index in [1.54, 1.807) is 6.20 Å². The largest absolute Gasteiger partial charge is 0.492 e. The van der Waals surface area contributed by atoms with Gasteiger partial charge < -0.3 is 20.3 Å². The van der Waals surface area contributed by atoms with E-state index in [1.165, 1.54) is 0 Å². The third-order valence-electron chi connectivity index (χ3n) is 5.75. The summed E-state index contributed by atoms with van der Waals surface area (Å²) >= 11 is 0. The van der Waals surface area contributed by atoms with E-state index in [0.717, 1.165) is 81.1 Å². The first-order chi connectivity index (χ1) is 17.7. The molecule has 0 unspecified atom stereocenters. The Morgan fingerprint density at radius 2 is 1.42 bits per heavy atom. The Hall–Kier alpha value is -3.42. The van der Waals surface area contributed by atoms with E-state index in [0.29, 0.717) is 25.0 Å². The molecule has 8 heteroatoms. The topological polar surface area (TPSA) is 88.1 Å². The highest BCUT2D eigenvalue weighted by atomic mass is 16.5. The number of nitrogens with one attached hydrogen (secondary N) is 2. The molecule has 0 amide bonds. The van der Waals surface area contributed by atoms with Crippen LogP contribution >= 0.6 is 0 Å². The van der Waals surface area contributed by atoms with Crippen LogP contribution in [0.5, 0.6) is 5.75 Å². The van der Waals surface area contributed by atoms with Gasteiger partial charge in [0.1, 0.15) is 12.4 Å². The summed E-state index contributed by atoms with van der Waals surface area (Å²) in [7, 11) is 0. The van der Waals surface area contributed by atoms with Gasteiger partial charge in [0.15, 0.2) is 0 Å². The number of aromatic nitrogens is 4. The maximum absolute atomic E-state index is 5.93. The van der Waals surface area contributed by atoms with E-state index < -0.39 is 0 Å². The molecule has 0 aliphatic rings. The van der Waals surface area contributed by atoms with Gasteiger partial charge in [0.25, 0.3) is 0 Å². The Morgan fingerprint density at radius 3 is 2.03 bits per heavy atom. The quantitative estimate of drug-likeness (QED) is 0.221. The molecule has 0 aliphatic carbocycles. The third kappa shape index (κ3) is 8.98. The maximum Gasteiger partial charge on any atom is 0.231 e. The van der Waals surface area contributed by atoms with Gasteiger partial charge in [0, 0.05) is 31.4 Å². The zero-order valence-corrected chi connectivity index (χ0v) is 22.0. The summed E-state index contributed by atoms with van der Waals surface area (Å²) in [6.45, 7) is 10.4. The van der Waals surface area contributed by atoms with Crippen molar-refractivity contribution < 1.29 is 4.74 Å². The van der Waals surface area contributed by atoms with Gasteiger partial charge in [0.05, 0.1) is 12.2 Å². The SMILES string of the molecule is CCCCNc1nc(NCCOc2ccc(-c3ccccn3)cc2)nc(N(CCCC)CCCC)n1. The maximum atomic E-state index is 5.93. The lowest BCUT2D eigenvalue weighted by molar-refractivity contribution is 0.332. The molecule has 0 saturated heterocycles. The number of hydrogen-bond acceptors (Lipinski definition) is 8. The normalized spacial score (nSPS) is 10.8. The summed E-state index contributed by atoms with van der Waals surface area (Å²) in [5.41, 5.74) is 2.02. The van der Waals surface area contributed by atoms with Crippen LogP contribution in [0.3, 0.4) is 0 Å². The van der Waals surface area contributed by atoms with Crippen molar-refractivity contribution in [1.29, 1.82) is 0 Å². The van der Waals surface area contributed by atoms with Crippen molar-refractivity contribution in [3.8, 4) is 17.0 Å². The van der Waals surface area contributed by atoms with E-state index in [1.807, 2.05) is 42.5 Å². The summed E-state index contributed by atoms with van der Waals surface area (Å²) in [6, 6.07) is 13.9. The molecule has 2 aromatic heterocycles. The third-order valence-corrected chi connectivity index (χ3v) is 5.75. The van der Waals surface area contributed by atoms with Crippen molar-refractivity contribution in [2.45, 2.75) is 59.3 Å².